The molecule has 0 saturated heterocycles. The lowest BCUT2D eigenvalue weighted by atomic mass is 10.0. The molecule has 5 rings (SSSR count). The molecule has 5 aromatic rings. The first kappa shape index (κ1) is 25.4. The third-order valence-electron chi connectivity index (χ3n) is 6.57. The summed E-state index contributed by atoms with van der Waals surface area (Å²) in [6, 6.07) is 33.7. The standard InChI is InChI=1S/C32H28N4O3/c1-39-25-17-15-22(16-18-25)26-19-29(23-7-3-2-4-8-23)36(30(26)31(34)37)20-21-11-13-24(14-12-21)32(38)35-28-10-6-5-9-27(28)33/h2-19H,20,33H2,1H3,(H2,34,37)(H,35,38). The first-order chi connectivity index (χ1) is 18.9. The molecule has 1 aromatic heterocycles. The second-order valence-corrected chi connectivity index (χ2v) is 9.08. The van der Waals surface area contributed by atoms with Crippen molar-refractivity contribution < 1.29 is 14.3 Å². The van der Waals surface area contributed by atoms with Gasteiger partial charge in [-0.15, -0.1) is 0 Å². The molecule has 0 radical (unpaired) electrons. The summed E-state index contributed by atoms with van der Waals surface area (Å²) in [5, 5.41) is 2.84. The van der Waals surface area contributed by atoms with Gasteiger partial charge in [-0.2, -0.15) is 0 Å². The van der Waals surface area contributed by atoms with E-state index in [9.17, 15) is 9.59 Å². The average Bonchev–Trinajstić information content (AvgIpc) is 3.34. The molecule has 0 unspecified atom stereocenters. The van der Waals surface area contributed by atoms with Crippen LogP contribution in [0, 0.1) is 0 Å². The SMILES string of the molecule is COc1ccc(-c2cc(-c3ccccc3)n(Cc3ccc(C(=O)Nc4ccccc4N)cc3)c2C(N)=O)cc1. The minimum Gasteiger partial charge on any atom is -0.497 e. The Morgan fingerprint density at radius 3 is 2.13 bits per heavy atom. The van der Waals surface area contributed by atoms with E-state index in [2.05, 4.69) is 5.32 Å². The molecule has 0 aliphatic carbocycles. The number of carbonyl (C=O) groups is 2. The fourth-order valence-corrected chi connectivity index (χ4v) is 4.57. The van der Waals surface area contributed by atoms with Crippen LogP contribution in [0.1, 0.15) is 26.4 Å². The molecule has 0 atom stereocenters. The van der Waals surface area contributed by atoms with Gasteiger partial charge < -0.3 is 26.1 Å². The first-order valence-electron chi connectivity index (χ1n) is 12.4. The fraction of sp³-hybridized carbons (Fsp3) is 0.0625. The van der Waals surface area contributed by atoms with E-state index in [1.54, 1.807) is 31.4 Å². The van der Waals surface area contributed by atoms with Crippen molar-refractivity contribution >= 4 is 23.2 Å². The third-order valence-corrected chi connectivity index (χ3v) is 6.57. The number of aromatic nitrogens is 1. The van der Waals surface area contributed by atoms with Gasteiger partial charge in [-0.05, 0) is 59.2 Å². The predicted octanol–water partition coefficient (Wildman–Crippen LogP) is 5.81. The van der Waals surface area contributed by atoms with E-state index in [0.29, 0.717) is 29.2 Å². The van der Waals surface area contributed by atoms with Crippen molar-refractivity contribution in [2.75, 3.05) is 18.2 Å². The van der Waals surface area contributed by atoms with E-state index in [1.165, 1.54) is 0 Å². The maximum Gasteiger partial charge on any atom is 0.266 e. The highest BCUT2D eigenvalue weighted by atomic mass is 16.5. The van der Waals surface area contributed by atoms with E-state index in [0.717, 1.165) is 33.7 Å². The van der Waals surface area contributed by atoms with Gasteiger partial charge in [0.2, 0.25) is 0 Å². The summed E-state index contributed by atoms with van der Waals surface area (Å²) in [5.74, 6) is -0.0642. The molecule has 0 aliphatic heterocycles. The van der Waals surface area contributed by atoms with Crippen molar-refractivity contribution in [2.45, 2.75) is 6.54 Å². The summed E-state index contributed by atoms with van der Waals surface area (Å²) >= 11 is 0. The van der Waals surface area contributed by atoms with E-state index >= 15 is 0 Å². The Bertz CT molecular complexity index is 1620. The van der Waals surface area contributed by atoms with Crippen molar-refractivity contribution in [3.05, 3.63) is 126 Å². The summed E-state index contributed by atoms with van der Waals surface area (Å²) in [6.45, 7) is 0.381. The number of amides is 2. The number of primary amides is 1. The number of rotatable bonds is 8. The van der Waals surface area contributed by atoms with Crippen LogP contribution in [-0.4, -0.2) is 23.5 Å². The molecule has 1 heterocycles. The van der Waals surface area contributed by atoms with Crippen LogP contribution in [0.4, 0.5) is 11.4 Å². The van der Waals surface area contributed by atoms with Crippen molar-refractivity contribution in [3.63, 3.8) is 0 Å². The third kappa shape index (κ3) is 5.38. The topological polar surface area (TPSA) is 112 Å². The molecule has 194 valence electrons. The number of anilines is 2. The molecule has 2 amide bonds. The van der Waals surface area contributed by atoms with Crippen molar-refractivity contribution in [1.82, 2.24) is 4.57 Å². The van der Waals surface area contributed by atoms with E-state index in [1.807, 2.05) is 89.5 Å². The second kappa shape index (κ2) is 11.0. The summed E-state index contributed by atoms with van der Waals surface area (Å²) in [5.41, 5.74) is 18.2. The van der Waals surface area contributed by atoms with Gasteiger partial charge in [0.25, 0.3) is 11.8 Å². The number of methoxy groups -OCH3 is 1. The van der Waals surface area contributed by atoms with Crippen LogP contribution in [0.5, 0.6) is 5.75 Å². The molecular weight excluding hydrogens is 488 g/mol. The summed E-state index contributed by atoms with van der Waals surface area (Å²) < 4.78 is 7.22. The lowest BCUT2D eigenvalue weighted by Gasteiger charge is -2.14. The number of benzene rings is 4. The van der Waals surface area contributed by atoms with Gasteiger partial charge >= 0.3 is 0 Å². The van der Waals surface area contributed by atoms with Crippen LogP contribution in [0.25, 0.3) is 22.4 Å². The van der Waals surface area contributed by atoms with Crippen LogP contribution in [-0.2, 0) is 6.54 Å². The van der Waals surface area contributed by atoms with Gasteiger partial charge in [0.15, 0.2) is 0 Å². The molecule has 7 nitrogen and oxygen atoms in total. The van der Waals surface area contributed by atoms with E-state index < -0.39 is 5.91 Å². The second-order valence-electron chi connectivity index (χ2n) is 9.08. The number of nitrogens with zero attached hydrogens (tertiary/aromatic N) is 1. The predicted molar refractivity (Wildman–Crippen MR) is 155 cm³/mol. The normalized spacial score (nSPS) is 10.7. The van der Waals surface area contributed by atoms with E-state index in [-0.39, 0.29) is 5.91 Å². The summed E-state index contributed by atoms with van der Waals surface area (Å²) in [4.78, 5) is 25.6. The van der Waals surface area contributed by atoms with Gasteiger partial charge in [-0.3, -0.25) is 9.59 Å². The van der Waals surface area contributed by atoms with Crippen molar-refractivity contribution in [2.24, 2.45) is 5.73 Å². The van der Waals surface area contributed by atoms with E-state index in [4.69, 9.17) is 16.2 Å². The highest BCUT2D eigenvalue weighted by Crippen LogP contribution is 2.34. The van der Waals surface area contributed by atoms with Crippen LogP contribution in [0.15, 0.2) is 109 Å². The zero-order chi connectivity index (χ0) is 27.4. The molecule has 39 heavy (non-hydrogen) atoms. The van der Waals surface area contributed by atoms with Gasteiger partial charge in [0, 0.05) is 23.4 Å². The minimum absolute atomic E-state index is 0.259. The van der Waals surface area contributed by atoms with Gasteiger partial charge in [0.05, 0.1) is 18.5 Å². The number of nitrogens with two attached hydrogens (primary N) is 2. The van der Waals surface area contributed by atoms with Crippen molar-refractivity contribution in [1.29, 1.82) is 0 Å². The van der Waals surface area contributed by atoms with Crippen LogP contribution >= 0.6 is 0 Å². The first-order valence-corrected chi connectivity index (χ1v) is 12.4. The minimum atomic E-state index is -0.528. The van der Waals surface area contributed by atoms with Crippen LogP contribution in [0.2, 0.25) is 0 Å². The molecule has 0 aliphatic rings. The molecule has 0 fully saturated rings. The zero-order valence-electron chi connectivity index (χ0n) is 21.4. The molecule has 0 bridgehead atoms. The Morgan fingerprint density at radius 1 is 0.821 bits per heavy atom. The Balaban J connectivity index is 1.51. The Kier molecular flexibility index (Phi) is 7.14. The maximum absolute atomic E-state index is 12.8. The van der Waals surface area contributed by atoms with Crippen LogP contribution in [0.3, 0.4) is 0 Å². The number of ether oxygens (including phenoxy) is 1. The number of nitrogens with one attached hydrogen (secondary N) is 1. The van der Waals surface area contributed by atoms with Gasteiger partial charge in [-0.1, -0.05) is 66.7 Å². The molecule has 0 spiro atoms. The lowest BCUT2D eigenvalue weighted by Crippen LogP contribution is -2.19. The quantitative estimate of drug-likeness (QED) is 0.226. The fourth-order valence-electron chi connectivity index (χ4n) is 4.57. The van der Waals surface area contributed by atoms with Crippen molar-refractivity contribution in [3.8, 4) is 28.1 Å². The Morgan fingerprint density at radius 2 is 1.49 bits per heavy atom. The number of hydrogen-bond acceptors (Lipinski definition) is 4. The monoisotopic (exact) mass is 516 g/mol. The zero-order valence-corrected chi connectivity index (χ0v) is 21.4. The number of carbonyl (C=O) groups excluding carboxylic acids is 2. The molecule has 4 aromatic carbocycles. The number of para-hydroxylation sites is 2. The largest absolute Gasteiger partial charge is 0.497 e. The molecule has 5 N–H and O–H groups in total. The molecular formula is C32H28N4O3. The Labute approximate surface area is 226 Å². The van der Waals surface area contributed by atoms with Gasteiger partial charge in [0.1, 0.15) is 11.4 Å². The summed E-state index contributed by atoms with van der Waals surface area (Å²) in [7, 11) is 1.61. The Hall–Kier alpha value is -5.30. The van der Waals surface area contributed by atoms with Gasteiger partial charge in [-0.25, -0.2) is 0 Å². The number of nitrogen functional groups attached to an aromatic ring is 1. The highest BCUT2D eigenvalue weighted by Gasteiger charge is 2.22. The maximum atomic E-state index is 12.8. The smallest absolute Gasteiger partial charge is 0.266 e. The lowest BCUT2D eigenvalue weighted by molar-refractivity contribution is 0.0991. The molecule has 0 saturated carbocycles. The highest BCUT2D eigenvalue weighted by molar-refractivity contribution is 6.05. The number of hydrogen-bond donors (Lipinski definition) is 3. The summed E-state index contributed by atoms with van der Waals surface area (Å²) in [6.07, 6.45) is 0. The molecule has 7 heteroatoms. The van der Waals surface area contributed by atoms with Crippen LogP contribution < -0.4 is 21.5 Å². The average molecular weight is 517 g/mol.